The molecule has 0 spiro atoms. The summed E-state index contributed by atoms with van der Waals surface area (Å²) in [4.78, 5) is 28.9. The lowest BCUT2D eigenvalue weighted by molar-refractivity contribution is -0.123. The summed E-state index contributed by atoms with van der Waals surface area (Å²) >= 11 is 6.04. The molecule has 0 unspecified atom stereocenters. The standard InChI is InChI=1S/C19H26ClN3O2/c1-19(2,3)13-9-12(13)18(25)23-16-6-4-5-15(16)22-17(24)11-7-8-21-10-14(11)20/h7-8,10,12-13,15-16H,4-6,9H2,1-3H3,(H,22,24)(H,23,25)/t12-,13-,15-,16+/m1/s1. The van der Waals surface area contributed by atoms with Crippen molar-refractivity contribution in [3.8, 4) is 0 Å². The SMILES string of the molecule is CC(C)(C)[C@@H]1C[C@H]1C(=O)N[C@H]1CCC[C@H]1NC(=O)c1ccncc1Cl. The van der Waals surface area contributed by atoms with E-state index in [1.54, 1.807) is 12.3 Å². The van der Waals surface area contributed by atoms with E-state index < -0.39 is 0 Å². The molecular weight excluding hydrogens is 338 g/mol. The molecule has 0 aromatic carbocycles. The number of nitrogens with zero attached hydrogens (tertiary/aromatic N) is 1. The molecule has 0 radical (unpaired) electrons. The molecule has 1 heterocycles. The van der Waals surface area contributed by atoms with Crippen LogP contribution in [0.2, 0.25) is 5.02 Å². The van der Waals surface area contributed by atoms with Crippen LogP contribution in [0.4, 0.5) is 0 Å². The van der Waals surface area contributed by atoms with Gasteiger partial charge in [-0.05, 0) is 43.1 Å². The summed E-state index contributed by atoms with van der Waals surface area (Å²) in [5.41, 5.74) is 0.590. The largest absolute Gasteiger partial charge is 0.351 e. The summed E-state index contributed by atoms with van der Waals surface area (Å²) in [7, 11) is 0. The molecular formula is C19H26ClN3O2. The number of pyridine rings is 1. The predicted octanol–water partition coefficient (Wildman–Crippen LogP) is 3.18. The number of hydrogen-bond acceptors (Lipinski definition) is 3. The molecule has 2 aliphatic rings. The minimum absolute atomic E-state index is 0.00159. The van der Waals surface area contributed by atoms with E-state index in [0.29, 0.717) is 16.5 Å². The van der Waals surface area contributed by atoms with Crippen molar-refractivity contribution >= 4 is 23.4 Å². The number of aromatic nitrogens is 1. The Morgan fingerprint density at radius 2 is 1.88 bits per heavy atom. The minimum Gasteiger partial charge on any atom is -0.351 e. The predicted molar refractivity (Wildman–Crippen MR) is 97.3 cm³/mol. The molecule has 4 atom stereocenters. The molecule has 136 valence electrons. The molecule has 2 aliphatic carbocycles. The van der Waals surface area contributed by atoms with Gasteiger partial charge in [-0.25, -0.2) is 0 Å². The van der Waals surface area contributed by atoms with Gasteiger partial charge >= 0.3 is 0 Å². The Morgan fingerprint density at radius 3 is 2.48 bits per heavy atom. The summed E-state index contributed by atoms with van der Waals surface area (Å²) in [6, 6.07) is 1.56. The second kappa shape index (κ2) is 6.94. The zero-order chi connectivity index (χ0) is 18.2. The topological polar surface area (TPSA) is 71.1 Å². The number of amides is 2. The van der Waals surface area contributed by atoms with Crippen LogP contribution in [-0.4, -0.2) is 28.9 Å². The van der Waals surface area contributed by atoms with Crippen molar-refractivity contribution < 1.29 is 9.59 Å². The molecule has 1 aromatic heterocycles. The summed E-state index contributed by atoms with van der Waals surface area (Å²) in [6.45, 7) is 6.55. The van der Waals surface area contributed by atoms with E-state index in [4.69, 9.17) is 11.6 Å². The molecule has 3 rings (SSSR count). The lowest BCUT2D eigenvalue weighted by Crippen LogP contribution is -2.49. The number of nitrogens with one attached hydrogen (secondary N) is 2. The van der Waals surface area contributed by atoms with Crippen molar-refractivity contribution in [1.29, 1.82) is 0 Å². The molecule has 0 bridgehead atoms. The maximum atomic E-state index is 12.5. The van der Waals surface area contributed by atoms with Crippen LogP contribution in [0.5, 0.6) is 0 Å². The summed E-state index contributed by atoms with van der Waals surface area (Å²) in [5, 5.41) is 6.53. The zero-order valence-corrected chi connectivity index (χ0v) is 15.8. The Labute approximate surface area is 153 Å². The number of hydrogen-bond donors (Lipinski definition) is 2. The van der Waals surface area contributed by atoms with Crippen molar-refractivity contribution in [2.45, 2.75) is 58.5 Å². The van der Waals surface area contributed by atoms with Gasteiger partial charge in [-0.3, -0.25) is 14.6 Å². The van der Waals surface area contributed by atoms with Gasteiger partial charge in [0.2, 0.25) is 5.91 Å². The number of rotatable bonds is 4. The third-order valence-corrected chi connectivity index (χ3v) is 5.72. The Balaban J connectivity index is 1.57. The van der Waals surface area contributed by atoms with Gasteiger partial charge in [-0.15, -0.1) is 0 Å². The quantitative estimate of drug-likeness (QED) is 0.863. The maximum Gasteiger partial charge on any atom is 0.253 e. The maximum absolute atomic E-state index is 12.5. The van der Waals surface area contributed by atoms with E-state index in [1.165, 1.54) is 6.20 Å². The Morgan fingerprint density at radius 1 is 1.20 bits per heavy atom. The average molecular weight is 364 g/mol. The highest BCUT2D eigenvalue weighted by molar-refractivity contribution is 6.33. The highest BCUT2D eigenvalue weighted by Gasteiger charge is 2.50. The number of halogens is 1. The van der Waals surface area contributed by atoms with Crippen LogP contribution < -0.4 is 10.6 Å². The summed E-state index contributed by atoms with van der Waals surface area (Å²) < 4.78 is 0. The van der Waals surface area contributed by atoms with E-state index in [9.17, 15) is 9.59 Å². The Hall–Kier alpha value is -1.62. The van der Waals surface area contributed by atoms with E-state index in [0.717, 1.165) is 25.7 Å². The van der Waals surface area contributed by atoms with Crippen LogP contribution in [0, 0.1) is 17.3 Å². The Bertz CT molecular complexity index is 671. The zero-order valence-electron chi connectivity index (χ0n) is 15.0. The fourth-order valence-corrected chi connectivity index (χ4v) is 4.05. The van der Waals surface area contributed by atoms with Gasteiger partial charge < -0.3 is 10.6 Å². The highest BCUT2D eigenvalue weighted by atomic mass is 35.5. The van der Waals surface area contributed by atoms with Crippen LogP contribution in [0.3, 0.4) is 0 Å². The van der Waals surface area contributed by atoms with Gasteiger partial charge in [-0.2, -0.15) is 0 Å². The number of carbonyl (C=O) groups is 2. The fraction of sp³-hybridized carbons (Fsp3) is 0.632. The molecule has 6 heteroatoms. The highest BCUT2D eigenvalue weighted by Crippen LogP contribution is 2.50. The van der Waals surface area contributed by atoms with Crippen molar-refractivity contribution in [1.82, 2.24) is 15.6 Å². The fourth-order valence-electron chi connectivity index (χ4n) is 3.84. The van der Waals surface area contributed by atoms with Gasteiger partial charge in [0.1, 0.15) is 0 Å². The summed E-state index contributed by atoms with van der Waals surface area (Å²) in [5.74, 6) is 0.495. The van der Waals surface area contributed by atoms with Gasteiger partial charge in [0, 0.05) is 30.4 Å². The first kappa shape index (κ1) is 18.2. The van der Waals surface area contributed by atoms with E-state index in [-0.39, 0.29) is 35.2 Å². The van der Waals surface area contributed by atoms with Crippen molar-refractivity contribution in [3.63, 3.8) is 0 Å². The molecule has 1 aromatic rings. The first-order valence-corrected chi connectivity index (χ1v) is 9.36. The molecule has 0 saturated heterocycles. The van der Waals surface area contributed by atoms with Crippen molar-refractivity contribution in [3.05, 3.63) is 29.0 Å². The van der Waals surface area contributed by atoms with E-state index in [1.807, 2.05) is 0 Å². The third-order valence-electron chi connectivity index (χ3n) is 5.42. The van der Waals surface area contributed by atoms with Crippen molar-refractivity contribution in [2.24, 2.45) is 17.3 Å². The van der Waals surface area contributed by atoms with E-state index in [2.05, 4.69) is 36.4 Å². The smallest absolute Gasteiger partial charge is 0.253 e. The van der Waals surface area contributed by atoms with Crippen LogP contribution in [-0.2, 0) is 4.79 Å². The molecule has 2 saturated carbocycles. The summed E-state index contributed by atoms with van der Waals surface area (Å²) in [6.07, 6.45) is 6.73. The van der Waals surface area contributed by atoms with Crippen LogP contribution in [0.1, 0.15) is 56.8 Å². The molecule has 25 heavy (non-hydrogen) atoms. The Kier molecular flexibility index (Phi) is 5.05. The average Bonchev–Trinajstić information content (AvgIpc) is 3.25. The first-order valence-electron chi connectivity index (χ1n) is 8.98. The second-order valence-corrected chi connectivity index (χ2v) is 8.70. The van der Waals surface area contributed by atoms with Gasteiger partial charge in [-0.1, -0.05) is 32.4 Å². The first-order chi connectivity index (χ1) is 11.8. The monoisotopic (exact) mass is 363 g/mol. The molecule has 2 amide bonds. The van der Waals surface area contributed by atoms with Gasteiger partial charge in [0.15, 0.2) is 0 Å². The second-order valence-electron chi connectivity index (χ2n) is 8.30. The van der Waals surface area contributed by atoms with Crippen LogP contribution >= 0.6 is 11.6 Å². The molecule has 5 nitrogen and oxygen atoms in total. The van der Waals surface area contributed by atoms with Gasteiger partial charge in [0.05, 0.1) is 10.6 Å². The molecule has 2 N–H and O–H groups in total. The minimum atomic E-state index is -0.211. The molecule has 0 aliphatic heterocycles. The van der Waals surface area contributed by atoms with Gasteiger partial charge in [0.25, 0.3) is 5.91 Å². The lowest BCUT2D eigenvalue weighted by Gasteiger charge is -2.23. The number of carbonyl (C=O) groups excluding carboxylic acids is 2. The lowest BCUT2D eigenvalue weighted by atomic mass is 9.89. The third kappa shape index (κ3) is 4.14. The van der Waals surface area contributed by atoms with Crippen LogP contribution in [0.25, 0.3) is 0 Å². The van der Waals surface area contributed by atoms with Crippen LogP contribution in [0.15, 0.2) is 18.5 Å². The molecule has 2 fully saturated rings. The van der Waals surface area contributed by atoms with E-state index >= 15 is 0 Å². The normalized spacial score (nSPS) is 28.5. The van der Waals surface area contributed by atoms with Crippen molar-refractivity contribution in [2.75, 3.05) is 0 Å².